The van der Waals surface area contributed by atoms with Gasteiger partial charge in [0.2, 0.25) is 5.91 Å². The average Bonchev–Trinajstić information content (AvgIpc) is 3.03. The van der Waals surface area contributed by atoms with E-state index in [1.165, 1.54) is 23.0 Å². The molecule has 2 aliphatic heterocycles. The van der Waals surface area contributed by atoms with Gasteiger partial charge in [-0.1, -0.05) is 30.8 Å². The first kappa shape index (κ1) is 18.1. The summed E-state index contributed by atoms with van der Waals surface area (Å²) in [4.78, 5) is 45.5. The van der Waals surface area contributed by atoms with Crippen molar-refractivity contribution in [3.8, 4) is 11.4 Å². The van der Waals surface area contributed by atoms with Crippen molar-refractivity contribution in [3.63, 3.8) is 0 Å². The number of likely N-dealkylation sites (tertiary alicyclic amines) is 1. The van der Waals surface area contributed by atoms with Crippen molar-refractivity contribution >= 4 is 22.6 Å². The number of hydrogen-bond acceptors (Lipinski definition) is 5. The molecule has 0 bridgehead atoms. The molecule has 2 aliphatic rings. The number of hydrogen-bond donors (Lipinski definition) is 1. The normalized spacial score (nSPS) is 15.9. The van der Waals surface area contributed by atoms with Crippen molar-refractivity contribution in [2.45, 2.75) is 12.6 Å². The van der Waals surface area contributed by atoms with Crippen LogP contribution in [0.5, 0.6) is 5.75 Å². The Hall–Kier alpha value is -3.94. The van der Waals surface area contributed by atoms with Crippen LogP contribution in [-0.4, -0.2) is 55.4 Å². The van der Waals surface area contributed by atoms with E-state index in [0.29, 0.717) is 24.5 Å². The molecule has 2 aromatic carbocycles. The van der Waals surface area contributed by atoms with E-state index >= 15 is 0 Å². The lowest BCUT2D eigenvalue weighted by atomic mass is 10.1. The van der Waals surface area contributed by atoms with Crippen LogP contribution in [0, 0.1) is 0 Å². The molecule has 8 nitrogen and oxygen atoms in total. The van der Waals surface area contributed by atoms with Crippen molar-refractivity contribution in [3.05, 3.63) is 77.0 Å². The van der Waals surface area contributed by atoms with Gasteiger partial charge in [-0.2, -0.15) is 0 Å². The molecule has 8 heteroatoms. The predicted molar refractivity (Wildman–Crippen MR) is 109 cm³/mol. The smallest absolute Gasteiger partial charge is 0.271 e. The highest BCUT2D eigenvalue weighted by Crippen LogP contribution is 2.29. The molecule has 2 amide bonds. The number of phenols is 1. The van der Waals surface area contributed by atoms with Gasteiger partial charge in [0.15, 0.2) is 0 Å². The molecule has 30 heavy (non-hydrogen) atoms. The largest absolute Gasteiger partial charge is 0.508 e. The highest BCUT2D eigenvalue weighted by Gasteiger charge is 2.42. The summed E-state index contributed by atoms with van der Waals surface area (Å²) in [5, 5.41) is 11.6. The Morgan fingerprint density at radius 2 is 1.97 bits per heavy atom. The summed E-state index contributed by atoms with van der Waals surface area (Å²) >= 11 is 0. The Morgan fingerprint density at radius 3 is 2.73 bits per heavy atom. The van der Waals surface area contributed by atoms with Crippen LogP contribution in [0.4, 0.5) is 0 Å². The third kappa shape index (κ3) is 2.61. The molecule has 3 heterocycles. The average molecular weight is 402 g/mol. The number of rotatable bonds is 3. The number of aromatic nitrogens is 2. The van der Waals surface area contributed by atoms with Crippen molar-refractivity contribution in [2.24, 2.45) is 0 Å². The van der Waals surface area contributed by atoms with E-state index in [2.05, 4.69) is 11.6 Å². The quantitative estimate of drug-likeness (QED) is 0.669. The lowest BCUT2D eigenvalue weighted by Crippen LogP contribution is -2.60. The summed E-state index contributed by atoms with van der Waals surface area (Å²) in [6, 6.07) is 10.3. The van der Waals surface area contributed by atoms with Gasteiger partial charge in [-0.05, 0) is 17.5 Å². The van der Waals surface area contributed by atoms with Gasteiger partial charge in [-0.3, -0.25) is 19.0 Å². The maximum absolute atomic E-state index is 13.2. The topological polar surface area (TPSA) is 95.7 Å². The molecule has 150 valence electrons. The minimum atomic E-state index is -0.471. The van der Waals surface area contributed by atoms with Gasteiger partial charge >= 0.3 is 0 Å². The fourth-order valence-electron chi connectivity index (χ4n) is 4.10. The van der Waals surface area contributed by atoms with Gasteiger partial charge in [0, 0.05) is 24.5 Å². The van der Waals surface area contributed by atoms with Gasteiger partial charge in [0.05, 0.1) is 24.0 Å². The number of phenolic OH excluding ortho intramolecular Hbond substituents is 1. The second-order valence-corrected chi connectivity index (χ2v) is 7.46. The van der Waals surface area contributed by atoms with Gasteiger partial charge < -0.3 is 14.9 Å². The number of carbonyl (C=O) groups is 2. The SMILES string of the molecule is C=CC(=O)N1CC(N2Cc3ncn(-c4cc(O)cc5ccccc45)c(=O)c3C2=O)C1. The molecule has 0 atom stereocenters. The Balaban J connectivity index is 1.52. The van der Waals surface area contributed by atoms with Crippen LogP contribution < -0.4 is 5.56 Å². The van der Waals surface area contributed by atoms with Crippen LogP contribution in [0.15, 0.2) is 60.2 Å². The fourth-order valence-corrected chi connectivity index (χ4v) is 4.10. The third-order valence-corrected chi connectivity index (χ3v) is 5.72. The number of aromatic hydroxyl groups is 1. The number of amides is 2. The van der Waals surface area contributed by atoms with E-state index < -0.39 is 5.56 Å². The molecule has 1 fully saturated rings. The molecule has 0 spiro atoms. The van der Waals surface area contributed by atoms with Gasteiger partial charge in [-0.25, -0.2) is 4.98 Å². The Bertz CT molecular complexity index is 1290. The molecule has 0 aliphatic carbocycles. The summed E-state index contributed by atoms with van der Waals surface area (Å²) in [6.07, 6.45) is 2.64. The zero-order valence-corrected chi connectivity index (χ0v) is 16.0. The van der Waals surface area contributed by atoms with E-state index in [4.69, 9.17) is 0 Å². The Kier molecular flexibility index (Phi) is 3.95. The molecule has 0 unspecified atom stereocenters. The maximum Gasteiger partial charge on any atom is 0.271 e. The highest BCUT2D eigenvalue weighted by molar-refractivity contribution is 5.98. The monoisotopic (exact) mass is 402 g/mol. The Labute approximate surface area is 171 Å². The van der Waals surface area contributed by atoms with Crippen molar-refractivity contribution in [1.29, 1.82) is 0 Å². The van der Waals surface area contributed by atoms with E-state index in [9.17, 15) is 19.5 Å². The summed E-state index contributed by atoms with van der Waals surface area (Å²) < 4.78 is 1.30. The molecule has 1 N–H and O–H groups in total. The minimum Gasteiger partial charge on any atom is -0.508 e. The maximum atomic E-state index is 13.2. The summed E-state index contributed by atoms with van der Waals surface area (Å²) in [7, 11) is 0. The highest BCUT2D eigenvalue weighted by atomic mass is 16.3. The van der Waals surface area contributed by atoms with Gasteiger partial charge in [0.25, 0.3) is 11.5 Å². The summed E-state index contributed by atoms with van der Waals surface area (Å²) in [5.41, 5.74) is 0.461. The molecule has 1 aromatic heterocycles. The standard InChI is InChI=1S/C22H18N4O4/c1-2-19(28)24-9-14(10-24)25-11-17-20(21(25)29)22(30)26(12-23-17)18-8-15(27)7-13-5-3-4-6-16(13)18/h2-8,12,14,27H,1,9-11H2. The number of benzene rings is 2. The second-order valence-electron chi connectivity index (χ2n) is 7.46. The molecule has 3 aromatic rings. The van der Waals surface area contributed by atoms with Crippen LogP contribution in [0.1, 0.15) is 16.1 Å². The van der Waals surface area contributed by atoms with Crippen molar-refractivity contribution < 1.29 is 14.7 Å². The Morgan fingerprint density at radius 1 is 1.20 bits per heavy atom. The molecular weight excluding hydrogens is 384 g/mol. The molecule has 0 saturated carbocycles. The lowest BCUT2D eigenvalue weighted by Gasteiger charge is -2.43. The van der Waals surface area contributed by atoms with Gasteiger partial charge in [0.1, 0.15) is 17.6 Å². The summed E-state index contributed by atoms with van der Waals surface area (Å²) in [5.74, 6) is -0.533. The number of nitrogens with zero attached hydrogens (tertiary/aromatic N) is 4. The first-order valence-electron chi connectivity index (χ1n) is 9.53. The zero-order valence-electron chi connectivity index (χ0n) is 16.0. The van der Waals surface area contributed by atoms with E-state index in [1.54, 1.807) is 15.9 Å². The van der Waals surface area contributed by atoms with Crippen LogP contribution in [0.3, 0.4) is 0 Å². The summed E-state index contributed by atoms with van der Waals surface area (Å²) in [6.45, 7) is 4.53. The van der Waals surface area contributed by atoms with Crippen LogP contribution in [-0.2, 0) is 11.3 Å². The van der Waals surface area contributed by atoms with Crippen LogP contribution in [0.2, 0.25) is 0 Å². The van der Waals surface area contributed by atoms with Crippen LogP contribution >= 0.6 is 0 Å². The van der Waals surface area contributed by atoms with E-state index in [1.807, 2.05) is 24.3 Å². The zero-order chi connectivity index (χ0) is 21.0. The molecule has 1 saturated heterocycles. The predicted octanol–water partition coefficient (Wildman–Crippen LogP) is 1.44. The molecular formula is C22H18N4O4. The fraction of sp³-hybridized carbons (Fsp3) is 0.182. The van der Waals surface area contributed by atoms with E-state index in [0.717, 1.165) is 10.8 Å². The lowest BCUT2D eigenvalue weighted by molar-refractivity contribution is -0.132. The minimum absolute atomic E-state index is 0.0190. The second kappa shape index (κ2) is 6.55. The third-order valence-electron chi connectivity index (χ3n) is 5.72. The first-order chi connectivity index (χ1) is 14.5. The van der Waals surface area contributed by atoms with Gasteiger partial charge in [-0.15, -0.1) is 0 Å². The first-order valence-corrected chi connectivity index (χ1v) is 9.53. The van der Waals surface area contributed by atoms with Crippen molar-refractivity contribution in [1.82, 2.24) is 19.4 Å². The van der Waals surface area contributed by atoms with Crippen molar-refractivity contribution in [2.75, 3.05) is 13.1 Å². The van der Waals surface area contributed by atoms with Crippen LogP contribution in [0.25, 0.3) is 16.5 Å². The molecule has 5 rings (SSSR count). The number of carbonyl (C=O) groups excluding carboxylic acids is 2. The molecule has 0 radical (unpaired) electrons. The van der Waals surface area contributed by atoms with E-state index in [-0.39, 0.29) is 35.7 Å². The number of fused-ring (bicyclic) bond motifs is 2.